The van der Waals surface area contributed by atoms with Crippen LogP contribution in [-0.2, 0) is 9.84 Å². The van der Waals surface area contributed by atoms with E-state index in [0.717, 1.165) is 77.8 Å². The molecule has 0 aromatic heterocycles. The maximum Gasteiger partial charge on any atom is 0.308 e. The molecule has 0 bridgehead atoms. The third-order valence-electron chi connectivity index (χ3n) is 9.31. The number of hydrogen-bond donors (Lipinski definition) is 0. The van der Waals surface area contributed by atoms with Crippen molar-refractivity contribution >= 4 is 9.84 Å². The van der Waals surface area contributed by atoms with Crippen molar-refractivity contribution in [3.63, 3.8) is 0 Å². The molecule has 0 aromatic carbocycles. The largest absolute Gasteiger partial charge is 0.308 e. The van der Waals surface area contributed by atoms with Gasteiger partial charge in [-0.05, 0) is 81.8 Å². The van der Waals surface area contributed by atoms with E-state index in [1.807, 2.05) is 0 Å². The fourth-order valence-electron chi connectivity index (χ4n) is 6.91. The minimum Gasteiger partial charge on any atom is -0.300 e. The van der Waals surface area contributed by atoms with Gasteiger partial charge in [0, 0.05) is 31.7 Å². The first-order valence-electron chi connectivity index (χ1n) is 13.7. The molecule has 0 aliphatic carbocycles. The monoisotopic (exact) mass is 505 g/mol. The normalized spacial score (nSPS) is 32.9. The first-order valence-corrected chi connectivity index (χ1v) is 15.8. The summed E-state index contributed by atoms with van der Waals surface area (Å²) in [6.45, 7) is 8.87. The number of sulfone groups is 1. The Morgan fingerprint density at radius 3 is 2.46 bits per heavy atom. The Bertz CT molecular complexity index is 871. The van der Waals surface area contributed by atoms with E-state index in [4.69, 9.17) is 0 Å². The Kier molecular flexibility index (Phi) is 10.0. The van der Waals surface area contributed by atoms with E-state index in [2.05, 4.69) is 42.5 Å². The molecule has 3 aliphatic rings. The third kappa shape index (κ3) is 7.89. The second-order valence-corrected chi connectivity index (χ2v) is 14.2. The zero-order valence-corrected chi connectivity index (χ0v) is 23.1. The molecule has 1 radical (unpaired) electrons. The van der Waals surface area contributed by atoms with Crippen LogP contribution in [0.15, 0.2) is 0 Å². The molecular formula is C27H47N5O2S+. The van der Waals surface area contributed by atoms with Crippen molar-refractivity contribution < 1.29 is 12.9 Å². The quantitative estimate of drug-likeness (QED) is 0.257. The van der Waals surface area contributed by atoms with E-state index < -0.39 is 9.84 Å². The number of likely N-dealkylation sites (tertiary alicyclic amines) is 3. The molecule has 3 fully saturated rings. The zero-order valence-electron chi connectivity index (χ0n) is 22.3. The summed E-state index contributed by atoms with van der Waals surface area (Å²) in [5.41, 5.74) is 0.0902. The van der Waals surface area contributed by atoms with Gasteiger partial charge >= 0.3 is 6.19 Å². The highest BCUT2D eigenvalue weighted by molar-refractivity contribution is 7.90. The SMILES string of the molecule is CC([CH]CCN1CCCCC1CCS(C)(=O)=O)(C1CC[N+](C)(C#N)CC1)C1CCCN(CC#N)C1. The van der Waals surface area contributed by atoms with Crippen LogP contribution in [0.2, 0.25) is 0 Å². The number of rotatable bonds is 10. The topological polar surface area (TPSA) is 88.2 Å². The van der Waals surface area contributed by atoms with Crippen LogP contribution in [0.3, 0.4) is 0 Å². The van der Waals surface area contributed by atoms with Crippen molar-refractivity contribution in [2.75, 3.05) is 64.9 Å². The summed E-state index contributed by atoms with van der Waals surface area (Å²) in [6, 6.07) is 2.73. The van der Waals surface area contributed by atoms with Crippen LogP contribution >= 0.6 is 0 Å². The standard InChI is InChI=1S/C27H47N5O2S/c1-27(24-10-19-32(2,23-29)20-11-24,25-8-6-15-30(22-25)18-14-28)13-7-17-31-16-5-4-9-26(31)12-21-35(3,33)34/h13,24-26H,4-12,15-22H2,1-3H3/q+1. The van der Waals surface area contributed by atoms with Gasteiger partial charge in [-0.15, -0.1) is 5.26 Å². The van der Waals surface area contributed by atoms with Gasteiger partial charge in [-0.2, -0.15) is 5.26 Å². The predicted molar refractivity (Wildman–Crippen MR) is 140 cm³/mol. The average molecular weight is 506 g/mol. The van der Waals surface area contributed by atoms with E-state index in [0.29, 0.717) is 28.9 Å². The molecule has 0 amide bonds. The van der Waals surface area contributed by atoms with Crippen molar-refractivity contribution in [2.24, 2.45) is 17.3 Å². The molecule has 0 N–H and O–H groups in total. The van der Waals surface area contributed by atoms with Crippen molar-refractivity contribution in [3.05, 3.63) is 6.42 Å². The Morgan fingerprint density at radius 1 is 1.06 bits per heavy atom. The van der Waals surface area contributed by atoms with Gasteiger partial charge in [0.2, 0.25) is 0 Å². The molecule has 35 heavy (non-hydrogen) atoms. The summed E-state index contributed by atoms with van der Waals surface area (Å²) in [5, 5.41) is 18.9. The molecular weight excluding hydrogens is 458 g/mol. The molecule has 197 valence electrons. The molecule has 0 spiro atoms. The molecule has 3 unspecified atom stereocenters. The number of hydrogen-bond acceptors (Lipinski definition) is 6. The van der Waals surface area contributed by atoms with E-state index in [1.54, 1.807) is 0 Å². The van der Waals surface area contributed by atoms with E-state index >= 15 is 0 Å². The first kappa shape index (κ1) is 28.4. The lowest BCUT2D eigenvalue weighted by Crippen LogP contribution is -2.52. The summed E-state index contributed by atoms with van der Waals surface area (Å²) in [6.07, 6.45) is 16.2. The van der Waals surface area contributed by atoms with Crippen LogP contribution in [0.25, 0.3) is 0 Å². The predicted octanol–water partition coefficient (Wildman–Crippen LogP) is 3.45. The number of quaternary nitrogens is 1. The zero-order chi connectivity index (χ0) is 25.5. The Hall–Kier alpha value is -1.19. The highest BCUT2D eigenvalue weighted by Gasteiger charge is 2.46. The van der Waals surface area contributed by atoms with Crippen molar-refractivity contribution in [1.82, 2.24) is 9.80 Å². The average Bonchev–Trinajstić information content (AvgIpc) is 2.83. The molecule has 3 aliphatic heterocycles. The van der Waals surface area contributed by atoms with Gasteiger partial charge in [-0.3, -0.25) is 4.90 Å². The summed E-state index contributed by atoms with van der Waals surface area (Å²) in [7, 11) is -0.873. The van der Waals surface area contributed by atoms with Gasteiger partial charge in [-0.1, -0.05) is 13.3 Å². The third-order valence-corrected chi connectivity index (χ3v) is 10.3. The van der Waals surface area contributed by atoms with Crippen LogP contribution in [-0.4, -0.2) is 93.6 Å². The fourth-order valence-corrected chi connectivity index (χ4v) is 7.61. The second-order valence-electron chi connectivity index (χ2n) is 11.9. The Morgan fingerprint density at radius 2 is 1.80 bits per heavy atom. The molecule has 3 heterocycles. The molecule has 0 saturated carbocycles. The highest BCUT2D eigenvalue weighted by atomic mass is 32.2. The lowest BCUT2D eigenvalue weighted by atomic mass is 9.60. The maximum atomic E-state index is 11.7. The molecule has 3 rings (SSSR count). The first-order chi connectivity index (χ1) is 16.6. The van der Waals surface area contributed by atoms with Crippen LogP contribution in [0, 0.1) is 46.5 Å². The van der Waals surface area contributed by atoms with E-state index in [-0.39, 0.29) is 11.2 Å². The van der Waals surface area contributed by atoms with Crippen molar-refractivity contribution in [1.29, 1.82) is 10.5 Å². The van der Waals surface area contributed by atoms with Gasteiger partial charge in [-0.25, -0.2) is 12.9 Å². The van der Waals surface area contributed by atoms with Gasteiger partial charge in [0.15, 0.2) is 0 Å². The summed E-state index contributed by atoms with van der Waals surface area (Å²) < 4.78 is 24.0. The van der Waals surface area contributed by atoms with Crippen molar-refractivity contribution in [2.45, 2.75) is 70.8 Å². The van der Waals surface area contributed by atoms with Crippen LogP contribution < -0.4 is 0 Å². The molecule has 3 atom stereocenters. The molecule has 8 heteroatoms. The Balaban J connectivity index is 1.67. The minimum atomic E-state index is -2.93. The van der Waals surface area contributed by atoms with E-state index in [1.165, 1.54) is 25.5 Å². The van der Waals surface area contributed by atoms with E-state index in [9.17, 15) is 18.9 Å². The van der Waals surface area contributed by atoms with Crippen LogP contribution in [0.4, 0.5) is 0 Å². The number of nitrogens with zero attached hydrogens (tertiary/aromatic N) is 5. The van der Waals surface area contributed by atoms with Gasteiger partial charge < -0.3 is 4.90 Å². The van der Waals surface area contributed by atoms with Gasteiger partial charge in [0.05, 0.1) is 38.5 Å². The summed E-state index contributed by atoms with van der Waals surface area (Å²) in [4.78, 5) is 4.86. The molecule has 3 saturated heterocycles. The second kappa shape index (κ2) is 12.4. The van der Waals surface area contributed by atoms with Crippen molar-refractivity contribution in [3.8, 4) is 12.3 Å². The highest BCUT2D eigenvalue weighted by Crippen LogP contribution is 2.48. The van der Waals surface area contributed by atoms with Crippen LogP contribution in [0.5, 0.6) is 0 Å². The fraction of sp³-hybridized carbons (Fsp3) is 0.889. The molecule has 0 aromatic rings. The number of nitriles is 2. The minimum absolute atomic E-state index is 0.0902. The van der Waals surface area contributed by atoms with Gasteiger partial charge in [0.1, 0.15) is 9.84 Å². The maximum absolute atomic E-state index is 11.7. The van der Waals surface area contributed by atoms with Crippen LogP contribution in [0.1, 0.15) is 64.7 Å². The molecule has 7 nitrogen and oxygen atoms in total. The summed E-state index contributed by atoms with van der Waals surface area (Å²) >= 11 is 0. The lowest BCUT2D eigenvalue weighted by Gasteiger charge is -2.50. The Labute approximate surface area is 214 Å². The lowest BCUT2D eigenvalue weighted by molar-refractivity contribution is -0.852. The van der Waals surface area contributed by atoms with Gasteiger partial charge in [0.25, 0.3) is 0 Å². The summed E-state index contributed by atoms with van der Waals surface area (Å²) in [5.74, 6) is 1.39. The smallest absolute Gasteiger partial charge is 0.300 e. The number of piperidine rings is 3.